The second-order valence-corrected chi connectivity index (χ2v) is 9.07. The smallest absolute Gasteiger partial charge is 0.328 e. The van der Waals surface area contributed by atoms with E-state index in [1.807, 2.05) is 38.1 Å². The minimum Gasteiger partial charge on any atom is -0.465 e. The number of esters is 1. The average Bonchev–Trinajstić information content (AvgIpc) is 3.31. The Morgan fingerprint density at radius 3 is 2.19 bits per heavy atom. The van der Waals surface area contributed by atoms with Crippen molar-refractivity contribution in [1.29, 1.82) is 0 Å². The van der Waals surface area contributed by atoms with Crippen LogP contribution >= 0.6 is 0 Å². The average molecular weight is 388 g/mol. The number of aryl methyl sites for hydroxylation is 2. The van der Waals surface area contributed by atoms with Gasteiger partial charge in [-0.2, -0.15) is 0 Å². The van der Waals surface area contributed by atoms with Gasteiger partial charge in [-0.25, -0.2) is 13.2 Å². The zero-order chi connectivity index (χ0) is 19.8. The van der Waals surface area contributed by atoms with Gasteiger partial charge in [0.05, 0.1) is 11.5 Å². The van der Waals surface area contributed by atoms with Gasteiger partial charge in [0.25, 0.3) is 0 Å². The molecule has 1 aliphatic carbocycles. The number of hydrogen-bond acceptors (Lipinski definition) is 5. The molecule has 1 fully saturated rings. The van der Waals surface area contributed by atoms with Gasteiger partial charge < -0.3 is 10.5 Å². The molecule has 0 radical (unpaired) electrons. The first-order chi connectivity index (χ1) is 12.8. The summed E-state index contributed by atoms with van der Waals surface area (Å²) in [5, 5.41) is -1.04. The monoisotopic (exact) mass is 387 g/mol. The predicted octanol–water partition coefficient (Wildman–Crippen LogP) is 2.76. The van der Waals surface area contributed by atoms with Crippen LogP contribution in [0.2, 0.25) is 0 Å². The number of rotatable bonds is 6. The Morgan fingerprint density at radius 1 is 1.07 bits per heavy atom. The van der Waals surface area contributed by atoms with Crippen molar-refractivity contribution < 1.29 is 17.9 Å². The fourth-order valence-electron chi connectivity index (χ4n) is 3.60. The van der Waals surface area contributed by atoms with Gasteiger partial charge in [-0.3, -0.25) is 0 Å². The zero-order valence-electron chi connectivity index (χ0n) is 15.8. The van der Waals surface area contributed by atoms with Crippen LogP contribution in [0, 0.1) is 6.92 Å². The number of hydrogen-bond donors (Lipinski definition) is 1. The van der Waals surface area contributed by atoms with E-state index < -0.39 is 32.5 Å². The van der Waals surface area contributed by atoms with Gasteiger partial charge >= 0.3 is 5.97 Å². The van der Waals surface area contributed by atoms with Gasteiger partial charge in [-0.15, -0.1) is 0 Å². The van der Waals surface area contributed by atoms with E-state index in [4.69, 9.17) is 10.5 Å². The molecule has 5 nitrogen and oxygen atoms in total. The molecule has 3 atom stereocenters. The largest absolute Gasteiger partial charge is 0.465 e. The molecule has 0 aliphatic heterocycles. The molecule has 2 aromatic carbocycles. The van der Waals surface area contributed by atoms with Crippen molar-refractivity contribution >= 4 is 15.8 Å². The molecule has 0 spiro atoms. The number of carbonyl (C=O) groups is 1. The lowest BCUT2D eigenvalue weighted by atomic mass is 10.0. The summed E-state index contributed by atoms with van der Waals surface area (Å²) >= 11 is 0. The lowest BCUT2D eigenvalue weighted by Crippen LogP contribution is -2.41. The van der Waals surface area contributed by atoms with E-state index in [0.29, 0.717) is 0 Å². The van der Waals surface area contributed by atoms with E-state index in [1.165, 1.54) is 0 Å². The Balaban J connectivity index is 2.04. The molecule has 3 unspecified atom stereocenters. The first-order valence-corrected chi connectivity index (χ1v) is 10.7. The van der Waals surface area contributed by atoms with Crippen molar-refractivity contribution in [3.63, 3.8) is 0 Å². The van der Waals surface area contributed by atoms with Gasteiger partial charge in [-0.1, -0.05) is 48.9 Å². The number of sulfone groups is 1. The maximum absolute atomic E-state index is 13.2. The Labute approximate surface area is 160 Å². The number of ether oxygens (including phenoxy) is 1. The molecule has 144 valence electrons. The van der Waals surface area contributed by atoms with Crippen LogP contribution in [0.15, 0.2) is 53.4 Å². The third-order valence-corrected chi connectivity index (χ3v) is 7.50. The molecular formula is C21H25NO4S. The molecule has 1 saturated carbocycles. The summed E-state index contributed by atoms with van der Waals surface area (Å²) in [5.74, 6) is -1.30. The first kappa shape index (κ1) is 19.6. The molecular weight excluding hydrogens is 362 g/mol. The summed E-state index contributed by atoms with van der Waals surface area (Å²) in [6, 6.07) is 14.2. The van der Waals surface area contributed by atoms with Crippen LogP contribution < -0.4 is 5.73 Å². The standard InChI is InChI=1S/C21H25NO4S/c1-4-15-8-10-16(11-9-15)18-19(21(18,22)20(23)26-5-2)27(24,25)17-12-6-14(3)7-13-17/h6-13,18-19H,4-5,22H2,1-3H3. The second-order valence-electron chi connectivity index (χ2n) is 7.00. The summed E-state index contributed by atoms with van der Waals surface area (Å²) < 4.78 is 31.6. The molecule has 6 heteroatoms. The molecule has 27 heavy (non-hydrogen) atoms. The molecule has 0 heterocycles. The van der Waals surface area contributed by atoms with Crippen LogP contribution in [0.5, 0.6) is 0 Å². The van der Waals surface area contributed by atoms with E-state index in [-0.39, 0.29) is 11.5 Å². The third-order valence-electron chi connectivity index (χ3n) is 5.24. The fourth-order valence-corrected chi connectivity index (χ4v) is 5.82. The Hall–Kier alpha value is -2.18. The molecule has 1 aliphatic rings. The van der Waals surface area contributed by atoms with Crippen molar-refractivity contribution in [3.05, 3.63) is 65.2 Å². The molecule has 0 aromatic heterocycles. The third kappa shape index (κ3) is 3.28. The molecule has 2 aromatic rings. The molecule has 2 N–H and O–H groups in total. The van der Waals surface area contributed by atoms with E-state index >= 15 is 0 Å². The van der Waals surface area contributed by atoms with Gasteiger partial charge in [0, 0.05) is 5.92 Å². The van der Waals surface area contributed by atoms with Gasteiger partial charge in [-0.05, 0) is 43.5 Å². The lowest BCUT2D eigenvalue weighted by molar-refractivity contribution is -0.145. The van der Waals surface area contributed by atoms with E-state index in [9.17, 15) is 13.2 Å². The SMILES string of the molecule is CCOC(=O)C1(N)C(c2ccc(CC)cc2)C1S(=O)(=O)c1ccc(C)cc1. The topological polar surface area (TPSA) is 86.5 Å². The van der Waals surface area contributed by atoms with E-state index in [2.05, 4.69) is 0 Å². The highest BCUT2D eigenvalue weighted by atomic mass is 32.2. The van der Waals surface area contributed by atoms with Crippen molar-refractivity contribution in [2.24, 2.45) is 5.73 Å². The summed E-state index contributed by atoms with van der Waals surface area (Å²) in [5.41, 5.74) is 7.62. The van der Waals surface area contributed by atoms with Crippen molar-refractivity contribution in [2.45, 2.75) is 48.8 Å². The maximum Gasteiger partial charge on any atom is 0.328 e. The Kier molecular flexibility index (Phi) is 5.14. The summed E-state index contributed by atoms with van der Waals surface area (Å²) in [4.78, 5) is 12.7. The van der Waals surface area contributed by atoms with E-state index in [1.54, 1.807) is 31.2 Å². The highest BCUT2D eigenvalue weighted by molar-refractivity contribution is 7.92. The van der Waals surface area contributed by atoms with Crippen LogP contribution in [-0.2, 0) is 25.8 Å². The summed E-state index contributed by atoms with van der Waals surface area (Å²) in [7, 11) is -3.79. The highest BCUT2D eigenvalue weighted by Gasteiger charge is 2.74. The van der Waals surface area contributed by atoms with Gasteiger partial charge in [0.15, 0.2) is 9.84 Å². The summed E-state index contributed by atoms with van der Waals surface area (Å²) in [6.07, 6.45) is 0.877. The molecule has 0 saturated heterocycles. The van der Waals surface area contributed by atoms with Crippen LogP contribution in [0.3, 0.4) is 0 Å². The van der Waals surface area contributed by atoms with Crippen molar-refractivity contribution in [1.82, 2.24) is 0 Å². The Bertz CT molecular complexity index is 935. The highest BCUT2D eigenvalue weighted by Crippen LogP contribution is 2.56. The number of carbonyl (C=O) groups excluding carboxylic acids is 1. The number of benzene rings is 2. The van der Waals surface area contributed by atoms with Crippen LogP contribution in [0.4, 0.5) is 0 Å². The van der Waals surface area contributed by atoms with Crippen molar-refractivity contribution in [2.75, 3.05) is 6.61 Å². The Morgan fingerprint density at radius 2 is 1.67 bits per heavy atom. The molecule has 0 bridgehead atoms. The molecule has 0 amide bonds. The minimum atomic E-state index is -3.79. The van der Waals surface area contributed by atoms with Gasteiger partial charge in [0.1, 0.15) is 10.8 Å². The first-order valence-electron chi connectivity index (χ1n) is 9.12. The van der Waals surface area contributed by atoms with Crippen LogP contribution in [0.25, 0.3) is 0 Å². The lowest BCUT2D eigenvalue weighted by Gasteiger charge is -2.11. The van der Waals surface area contributed by atoms with E-state index in [0.717, 1.165) is 23.1 Å². The normalized spacial score (nSPS) is 24.4. The van der Waals surface area contributed by atoms with Crippen molar-refractivity contribution in [3.8, 4) is 0 Å². The predicted molar refractivity (Wildman–Crippen MR) is 104 cm³/mol. The molecule has 3 rings (SSSR count). The minimum absolute atomic E-state index is 0.149. The summed E-state index contributed by atoms with van der Waals surface area (Å²) in [6.45, 7) is 5.76. The zero-order valence-corrected chi connectivity index (χ0v) is 16.6. The van der Waals surface area contributed by atoms with Crippen LogP contribution in [0.1, 0.15) is 36.5 Å². The second kappa shape index (κ2) is 7.09. The fraction of sp³-hybridized carbons (Fsp3) is 0.381. The number of nitrogens with two attached hydrogens (primary N) is 1. The quantitative estimate of drug-likeness (QED) is 0.770. The van der Waals surface area contributed by atoms with Crippen LogP contribution in [-0.4, -0.2) is 31.8 Å². The van der Waals surface area contributed by atoms with Gasteiger partial charge in [0.2, 0.25) is 0 Å². The maximum atomic E-state index is 13.2.